The first-order valence-corrected chi connectivity index (χ1v) is 18.0. The molecule has 1 saturated heterocycles. The van der Waals surface area contributed by atoms with E-state index in [1.165, 1.54) is 41.3 Å². The van der Waals surface area contributed by atoms with Crippen LogP contribution in [0.5, 0.6) is 5.75 Å². The van der Waals surface area contributed by atoms with Crippen LogP contribution >= 0.6 is 11.8 Å². The summed E-state index contributed by atoms with van der Waals surface area (Å²) in [6, 6.07) is 6.63. The van der Waals surface area contributed by atoms with Gasteiger partial charge < -0.3 is 42.0 Å². The van der Waals surface area contributed by atoms with E-state index in [9.17, 15) is 52.2 Å². The summed E-state index contributed by atoms with van der Waals surface area (Å²) in [6.45, 7) is -0.467. The number of rotatable bonds is 18. The van der Waals surface area contributed by atoms with E-state index in [2.05, 4.69) is 16.0 Å². The fraction of sp³-hybridized carbons (Fsp3) is 0.433. The molecular formula is C30H38N7NaO11S2. The second-order valence-electron chi connectivity index (χ2n) is 11.4. The van der Waals surface area contributed by atoms with Gasteiger partial charge >= 0.3 is 29.6 Å². The number of nitrogens with zero attached hydrogens (tertiary/aromatic N) is 2. The van der Waals surface area contributed by atoms with Crippen LogP contribution in [-0.2, 0) is 46.9 Å². The molecule has 18 nitrogen and oxygen atoms in total. The van der Waals surface area contributed by atoms with Crippen LogP contribution in [0, 0.1) is 10.1 Å². The smallest absolute Gasteiger partial charge is 0.748 e. The number of nitro groups is 1. The zero-order chi connectivity index (χ0) is 37.0. The third-order valence-corrected chi connectivity index (χ3v) is 9.66. The molecule has 1 fully saturated rings. The Bertz CT molecular complexity index is 1670. The summed E-state index contributed by atoms with van der Waals surface area (Å²) in [4.78, 5) is 76.4. The van der Waals surface area contributed by atoms with Gasteiger partial charge in [0, 0.05) is 42.4 Å². The molecule has 0 radical (unpaired) electrons. The molecule has 1 aliphatic heterocycles. The normalized spacial score (nSPS) is 15.8. The van der Waals surface area contributed by atoms with Gasteiger partial charge in [0.1, 0.15) is 23.9 Å². The number of amides is 5. The number of likely N-dealkylation sites (tertiary alicyclic amines) is 1. The molecule has 3 rings (SSSR count). The average molecular weight is 760 g/mol. The van der Waals surface area contributed by atoms with Crippen molar-refractivity contribution >= 4 is 57.1 Å². The van der Waals surface area contributed by atoms with E-state index in [1.54, 1.807) is 12.1 Å². The second kappa shape index (κ2) is 20.3. The number of carbonyl (C=O) groups is 5. The van der Waals surface area contributed by atoms with E-state index in [1.807, 2.05) is 0 Å². The van der Waals surface area contributed by atoms with Crippen LogP contribution in [0.3, 0.4) is 0 Å². The van der Waals surface area contributed by atoms with Crippen LogP contribution in [-0.4, -0.2) is 112 Å². The molecule has 0 bridgehead atoms. The molecule has 1 aliphatic rings. The molecule has 0 aliphatic carbocycles. The first-order valence-electron chi connectivity index (χ1n) is 15.3. The minimum Gasteiger partial charge on any atom is -0.748 e. The molecule has 0 saturated carbocycles. The predicted molar refractivity (Wildman–Crippen MR) is 179 cm³/mol. The third kappa shape index (κ3) is 14.4. The number of nitrogens with two attached hydrogens (primary N) is 2. The van der Waals surface area contributed by atoms with Gasteiger partial charge in [-0.1, -0.05) is 24.3 Å². The Kier molecular flexibility index (Phi) is 17.3. The van der Waals surface area contributed by atoms with Gasteiger partial charge in [-0.2, -0.15) is 11.8 Å². The van der Waals surface area contributed by atoms with Crippen LogP contribution in [0.2, 0.25) is 0 Å². The summed E-state index contributed by atoms with van der Waals surface area (Å²) in [5, 5.41) is 27.9. The molecule has 4 atom stereocenters. The summed E-state index contributed by atoms with van der Waals surface area (Å²) in [5.74, 6) is -4.85. The number of hydrogen-bond donors (Lipinski definition) is 6. The molecule has 5 amide bonds. The molecule has 8 N–H and O–H groups in total. The molecule has 0 unspecified atom stereocenters. The molecule has 272 valence electrons. The fourth-order valence-electron chi connectivity index (χ4n) is 5.05. The zero-order valence-corrected chi connectivity index (χ0v) is 31.3. The number of phenols is 1. The van der Waals surface area contributed by atoms with E-state index < -0.39 is 81.0 Å². The summed E-state index contributed by atoms with van der Waals surface area (Å²) in [6.07, 6.45) is 0.759. The molecule has 2 aromatic rings. The number of nitrogens with one attached hydrogen (secondary N) is 3. The van der Waals surface area contributed by atoms with Crippen molar-refractivity contribution in [1.29, 1.82) is 0 Å². The van der Waals surface area contributed by atoms with E-state index >= 15 is 0 Å². The number of benzene rings is 2. The molecule has 21 heteroatoms. The minimum atomic E-state index is -4.54. The number of phenolic OH excluding ortho intramolecular Hbond substituents is 1. The number of hydrogen-bond acceptors (Lipinski definition) is 13. The van der Waals surface area contributed by atoms with Gasteiger partial charge in [-0.25, -0.2) is 8.42 Å². The van der Waals surface area contributed by atoms with Crippen molar-refractivity contribution in [3.63, 3.8) is 0 Å². The largest absolute Gasteiger partial charge is 1.00 e. The Hall–Kier alpha value is -3.79. The number of carbonyl (C=O) groups excluding carboxylic acids is 5. The maximum absolute atomic E-state index is 13.5. The molecule has 51 heavy (non-hydrogen) atoms. The Balaban J connectivity index is 0.00000901. The van der Waals surface area contributed by atoms with Gasteiger partial charge in [0.2, 0.25) is 29.5 Å². The fourth-order valence-corrected chi connectivity index (χ4v) is 6.98. The maximum Gasteiger partial charge on any atom is 1.00 e. The zero-order valence-electron chi connectivity index (χ0n) is 27.7. The predicted octanol–water partition coefficient (Wildman–Crippen LogP) is -4.74. The number of thioether (sulfide) groups is 1. The van der Waals surface area contributed by atoms with Gasteiger partial charge in [0.05, 0.1) is 27.6 Å². The van der Waals surface area contributed by atoms with Gasteiger partial charge in [-0.15, -0.1) is 0 Å². The van der Waals surface area contributed by atoms with Crippen molar-refractivity contribution in [3.05, 3.63) is 69.8 Å². The van der Waals surface area contributed by atoms with Crippen molar-refractivity contribution in [2.45, 2.75) is 49.9 Å². The first kappa shape index (κ1) is 43.4. The number of primary amides is 1. The SMILES string of the molecule is NC(=O)[C@@H]1CCCN1C(=O)[C@H](Cc1ccc([N+](=O)[O-])cc1)NC(=O)CNC(=O)[C@@H](CSCCS(=O)(=O)[O-])NC(=O)[C@@H](N)Cc1ccc(O)cc1.[Na+]. The average Bonchev–Trinajstić information content (AvgIpc) is 3.56. The maximum atomic E-state index is 13.5. The standard InChI is InChI=1S/C30H39N7O11S2.Na/c31-22(14-18-5-9-21(38)10-6-18)28(41)35-24(17-49-12-13-50(46,47)48)29(42)33-16-26(39)34-23(15-19-3-7-20(8-4-19)37(44)45)30(43)36-11-1-2-25(36)27(32)40;/h3-10,22-25,38H,1-2,11-17,31H2,(H2,32,40)(H,33,42)(H,34,39)(H,35,41)(H,46,47,48);/q;+1/p-1/t22-,23-,24+,25-;/m0./s1. The number of non-ortho nitro benzene ring substituents is 1. The van der Waals surface area contributed by atoms with Crippen molar-refractivity contribution in [2.24, 2.45) is 11.5 Å². The van der Waals surface area contributed by atoms with Crippen LogP contribution in [0.4, 0.5) is 5.69 Å². The molecule has 0 spiro atoms. The first-order chi connectivity index (χ1) is 23.5. The van der Waals surface area contributed by atoms with Crippen LogP contribution in [0.25, 0.3) is 0 Å². The summed E-state index contributed by atoms with van der Waals surface area (Å²) in [7, 11) is -4.54. The molecule has 0 aromatic heterocycles. The quantitative estimate of drug-likeness (QED) is 0.0274. The Morgan fingerprint density at radius 2 is 1.59 bits per heavy atom. The van der Waals surface area contributed by atoms with E-state index in [0.29, 0.717) is 24.0 Å². The van der Waals surface area contributed by atoms with Gasteiger partial charge in [0.15, 0.2) is 0 Å². The summed E-state index contributed by atoms with van der Waals surface area (Å²) in [5.41, 5.74) is 12.4. The van der Waals surface area contributed by atoms with E-state index in [-0.39, 0.29) is 71.9 Å². The van der Waals surface area contributed by atoms with Crippen LogP contribution in [0.1, 0.15) is 24.0 Å². The van der Waals surface area contributed by atoms with Crippen molar-refractivity contribution in [3.8, 4) is 5.75 Å². The monoisotopic (exact) mass is 759 g/mol. The van der Waals surface area contributed by atoms with E-state index in [4.69, 9.17) is 11.5 Å². The Morgan fingerprint density at radius 1 is 0.980 bits per heavy atom. The topological polar surface area (TPSA) is 297 Å². The number of nitro benzene ring substituents is 1. The molecule has 1 heterocycles. The molecular weight excluding hydrogens is 721 g/mol. The Labute approximate surface area is 320 Å². The molecule has 2 aromatic carbocycles. The van der Waals surface area contributed by atoms with Crippen molar-refractivity contribution in [1.82, 2.24) is 20.9 Å². The van der Waals surface area contributed by atoms with Gasteiger partial charge in [-0.05, 0) is 42.5 Å². The minimum absolute atomic E-state index is 0. The summed E-state index contributed by atoms with van der Waals surface area (Å²) >= 11 is 0.891. The van der Waals surface area contributed by atoms with Gasteiger partial charge in [-0.3, -0.25) is 34.1 Å². The van der Waals surface area contributed by atoms with E-state index in [0.717, 1.165) is 11.8 Å². The summed E-state index contributed by atoms with van der Waals surface area (Å²) < 4.78 is 33.0. The third-order valence-electron chi connectivity index (χ3n) is 7.63. The second-order valence-corrected chi connectivity index (χ2v) is 14.1. The number of aromatic hydroxyl groups is 1. The Morgan fingerprint density at radius 3 is 2.18 bits per heavy atom. The van der Waals surface area contributed by atoms with Crippen molar-refractivity contribution < 1.29 is 76.5 Å². The van der Waals surface area contributed by atoms with Crippen LogP contribution < -0.4 is 57.0 Å². The van der Waals surface area contributed by atoms with Crippen LogP contribution in [0.15, 0.2) is 48.5 Å². The van der Waals surface area contributed by atoms with Gasteiger partial charge in [0.25, 0.3) is 5.69 Å². The van der Waals surface area contributed by atoms with Crippen molar-refractivity contribution in [2.75, 3.05) is 30.3 Å².